The molecule has 2 unspecified atom stereocenters. The molecule has 92 valence electrons. The van der Waals surface area contributed by atoms with Gasteiger partial charge >= 0.3 is 5.97 Å². The van der Waals surface area contributed by atoms with Gasteiger partial charge in [0.05, 0.1) is 0 Å². The summed E-state index contributed by atoms with van der Waals surface area (Å²) >= 11 is 0. The quantitative estimate of drug-likeness (QED) is 0.753. The van der Waals surface area contributed by atoms with Crippen LogP contribution in [0.1, 0.15) is 38.5 Å². The van der Waals surface area contributed by atoms with Crippen molar-refractivity contribution in [1.29, 1.82) is 0 Å². The first-order valence-corrected chi connectivity index (χ1v) is 6.23. The Labute approximate surface area is 97.0 Å². The fraction of sp³-hybridized carbons (Fsp3) is 0.917. The van der Waals surface area contributed by atoms with E-state index < -0.39 is 11.5 Å². The van der Waals surface area contributed by atoms with E-state index >= 15 is 0 Å². The van der Waals surface area contributed by atoms with E-state index in [9.17, 15) is 9.90 Å². The van der Waals surface area contributed by atoms with Gasteiger partial charge in [-0.2, -0.15) is 0 Å². The Balaban J connectivity index is 2.04. The Hall–Kier alpha value is -0.610. The van der Waals surface area contributed by atoms with Gasteiger partial charge in [0.15, 0.2) is 0 Å². The summed E-state index contributed by atoms with van der Waals surface area (Å²) in [6, 6.07) is 1.15. The number of carboxylic acids is 1. The van der Waals surface area contributed by atoms with Crippen LogP contribution < -0.4 is 5.32 Å². The maximum atomic E-state index is 11.4. The fourth-order valence-electron chi connectivity index (χ4n) is 2.90. The minimum absolute atomic E-state index is 0.435. The summed E-state index contributed by atoms with van der Waals surface area (Å²) in [6.07, 6.45) is 6.22. The van der Waals surface area contributed by atoms with E-state index in [-0.39, 0.29) is 0 Å². The molecule has 0 aromatic heterocycles. The Morgan fingerprint density at radius 2 is 2.06 bits per heavy atom. The summed E-state index contributed by atoms with van der Waals surface area (Å²) in [5, 5.41) is 12.4. The van der Waals surface area contributed by atoms with Crippen molar-refractivity contribution in [3.05, 3.63) is 0 Å². The molecule has 0 aliphatic heterocycles. The first kappa shape index (κ1) is 11.9. The van der Waals surface area contributed by atoms with E-state index in [0.717, 1.165) is 25.7 Å². The molecule has 2 saturated carbocycles. The van der Waals surface area contributed by atoms with E-state index in [4.69, 9.17) is 0 Å². The second kappa shape index (κ2) is 4.34. The number of hydrogen-bond donors (Lipinski definition) is 2. The average molecular weight is 226 g/mol. The van der Waals surface area contributed by atoms with Crippen LogP contribution in [0.3, 0.4) is 0 Å². The fourth-order valence-corrected chi connectivity index (χ4v) is 2.90. The molecule has 2 aliphatic carbocycles. The summed E-state index contributed by atoms with van der Waals surface area (Å²) in [5.74, 6) is -0.691. The molecular formula is C12H22N2O2. The van der Waals surface area contributed by atoms with Crippen LogP contribution in [0.4, 0.5) is 0 Å². The lowest BCUT2D eigenvalue weighted by atomic mass is 9.78. The summed E-state index contributed by atoms with van der Waals surface area (Å²) in [7, 11) is 3.92. The topological polar surface area (TPSA) is 52.6 Å². The molecule has 2 N–H and O–H groups in total. The third-order valence-electron chi connectivity index (χ3n) is 4.31. The first-order chi connectivity index (χ1) is 7.59. The standard InChI is InChI=1S/C12H22N2O2/c1-13-12(11(15)16)7-3-4-10(8-12)14(2)9-5-6-9/h9-10,13H,3-8H2,1-2H3,(H,15,16). The van der Waals surface area contributed by atoms with Crippen molar-refractivity contribution in [2.45, 2.75) is 56.1 Å². The zero-order valence-electron chi connectivity index (χ0n) is 10.2. The molecule has 0 saturated heterocycles. The lowest BCUT2D eigenvalue weighted by Gasteiger charge is -2.41. The van der Waals surface area contributed by atoms with E-state index in [0.29, 0.717) is 12.1 Å². The highest BCUT2D eigenvalue weighted by Crippen LogP contribution is 2.36. The van der Waals surface area contributed by atoms with Gasteiger partial charge in [0.1, 0.15) is 5.54 Å². The molecule has 0 amide bonds. The normalized spacial score (nSPS) is 35.3. The number of carboxylic acid groups (broad SMARTS) is 1. The molecule has 0 bridgehead atoms. The van der Waals surface area contributed by atoms with Crippen molar-refractivity contribution in [2.75, 3.05) is 14.1 Å². The smallest absolute Gasteiger partial charge is 0.323 e. The number of rotatable bonds is 4. The number of nitrogens with one attached hydrogen (secondary N) is 1. The molecule has 2 aliphatic rings. The van der Waals surface area contributed by atoms with Crippen molar-refractivity contribution < 1.29 is 9.90 Å². The highest BCUT2D eigenvalue weighted by molar-refractivity contribution is 5.79. The monoisotopic (exact) mass is 226 g/mol. The molecular weight excluding hydrogens is 204 g/mol. The highest BCUT2D eigenvalue weighted by Gasteiger charge is 2.44. The predicted octanol–water partition coefficient (Wildman–Crippen LogP) is 1.07. The third-order valence-corrected chi connectivity index (χ3v) is 4.31. The van der Waals surface area contributed by atoms with Crippen LogP contribution in [-0.2, 0) is 4.79 Å². The molecule has 0 aromatic carbocycles. The second-order valence-electron chi connectivity index (χ2n) is 5.28. The molecule has 2 fully saturated rings. The van der Waals surface area contributed by atoms with Gasteiger partial charge in [-0.3, -0.25) is 4.79 Å². The van der Waals surface area contributed by atoms with Crippen molar-refractivity contribution in [3.63, 3.8) is 0 Å². The molecule has 0 aromatic rings. The van der Waals surface area contributed by atoms with Crippen molar-refractivity contribution in [3.8, 4) is 0 Å². The third kappa shape index (κ3) is 2.09. The van der Waals surface area contributed by atoms with Crippen LogP contribution in [0, 0.1) is 0 Å². The number of nitrogens with zero attached hydrogens (tertiary/aromatic N) is 1. The molecule has 2 atom stereocenters. The Morgan fingerprint density at radius 3 is 2.56 bits per heavy atom. The van der Waals surface area contributed by atoms with Gasteiger partial charge in [-0.1, -0.05) is 0 Å². The van der Waals surface area contributed by atoms with Gasteiger partial charge in [0, 0.05) is 12.1 Å². The SMILES string of the molecule is CNC1(C(=O)O)CCCC(N(C)C2CC2)C1. The van der Waals surface area contributed by atoms with E-state index in [1.165, 1.54) is 12.8 Å². The summed E-state index contributed by atoms with van der Waals surface area (Å²) < 4.78 is 0. The van der Waals surface area contributed by atoms with Crippen LogP contribution in [0.2, 0.25) is 0 Å². The first-order valence-electron chi connectivity index (χ1n) is 6.23. The van der Waals surface area contributed by atoms with E-state index in [1.54, 1.807) is 7.05 Å². The minimum Gasteiger partial charge on any atom is -0.480 e. The molecule has 4 nitrogen and oxygen atoms in total. The van der Waals surface area contributed by atoms with Gasteiger partial charge < -0.3 is 15.3 Å². The van der Waals surface area contributed by atoms with Crippen LogP contribution >= 0.6 is 0 Å². The van der Waals surface area contributed by atoms with Gasteiger partial charge in [-0.15, -0.1) is 0 Å². The number of aliphatic carboxylic acids is 1. The van der Waals surface area contributed by atoms with Crippen LogP contribution in [0.15, 0.2) is 0 Å². The lowest BCUT2D eigenvalue weighted by molar-refractivity contribution is -0.147. The maximum Gasteiger partial charge on any atom is 0.323 e. The lowest BCUT2D eigenvalue weighted by Crippen LogP contribution is -2.57. The molecule has 0 spiro atoms. The minimum atomic E-state index is -0.691. The van der Waals surface area contributed by atoms with Gasteiger partial charge in [0.2, 0.25) is 0 Å². The van der Waals surface area contributed by atoms with Crippen molar-refractivity contribution >= 4 is 5.97 Å². The molecule has 0 heterocycles. The average Bonchev–Trinajstić information content (AvgIpc) is 3.11. The maximum absolute atomic E-state index is 11.4. The molecule has 0 radical (unpaired) electrons. The Kier molecular flexibility index (Phi) is 3.22. The number of hydrogen-bond acceptors (Lipinski definition) is 3. The zero-order chi connectivity index (χ0) is 11.8. The summed E-state index contributed by atoms with van der Waals surface area (Å²) in [6.45, 7) is 0. The highest BCUT2D eigenvalue weighted by atomic mass is 16.4. The van der Waals surface area contributed by atoms with Crippen molar-refractivity contribution in [1.82, 2.24) is 10.2 Å². The van der Waals surface area contributed by atoms with E-state index in [1.807, 2.05) is 0 Å². The number of likely N-dealkylation sites (N-methyl/N-ethyl adjacent to an activating group) is 1. The summed E-state index contributed by atoms with van der Waals surface area (Å²) in [5.41, 5.74) is -0.688. The van der Waals surface area contributed by atoms with Crippen LogP contribution in [0.25, 0.3) is 0 Å². The molecule has 2 rings (SSSR count). The van der Waals surface area contributed by atoms with Crippen LogP contribution in [-0.4, -0.2) is 47.7 Å². The zero-order valence-corrected chi connectivity index (χ0v) is 10.2. The Bertz CT molecular complexity index is 278. The van der Waals surface area contributed by atoms with Crippen molar-refractivity contribution in [2.24, 2.45) is 0 Å². The molecule has 16 heavy (non-hydrogen) atoms. The van der Waals surface area contributed by atoms with Crippen LogP contribution in [0.5, 0.6) is 0 Å². The largest absolute Gasteiger partial charge is 0.480 e. The Morgan fingerprint density at radius 1 is 1.38 bits per heavy atom. The predicted molar refractivity (Wildman–Crippen MR) is 62.5 cm³/mol. The van der Waals surface area contributed by atoms with Gasteiger partial charge in [0.25, 0.3) is 0 Å². The number of carbonyl (C=O) groups is 1. The second-order valence-corrected chi connectivity index (χ2v) is 5.28. The van der Waals surface area contributed by atoms with E-state index in [2.05, 4.69) is 17.3 Å². The molecule has 4 heteroatoms. The van der Waals surface area contributed by atoms with Gasteiger partial charge in [-0.25, -0.2) is 0 Å². The summed E-state index contributed by atoms with van der Waals surface area (Å²) in [4.78, 5) is 13.8. The van der Waals surface area contributed by atoms with Gasteiger partial charge in [-0.05, 0) is 52.6 Å².